The van der Waals surface area contributed by atoms with Gasteiger partial charge in [-0.2, -0.15) is 0 Å². The van der Waals surface area contributed by atoms with Crippen molar-refractivity contribution in [1.29, 1.82) is 0 Å². The van der Waals surface area contributed by atoms with Gasteiger partial charge in [0.15, 0.2) is 9.84 Å². The third-order valence-corrected chi connectivity index (χ3v) is 7.31. The van der Waals surface area contributed by atoms with Crippen molar-refractivity contribution in [3.63, 3.8) is 0 Å². The number of sulfone groups is 1. The van der Waals surface area contributed by atoms with Gasteiger partial charge in [0.25, 0.3) is 0 Å². The summed E-state index contributed by atoms with van der Waals surface area (Å²) in [5.74, 6) is 2.19. The lowest BCUT2D eigenvalue weighted by molar-refractivity contribution is 0.0360. The van der Waals surface area contributed by atoms with Crippen LogP contribution in [0.1, 0.15) is 39.5 Å². The van der Waals surface area contributed by atoms with Crippen LogP contribution in [0.15, 0.2) is 0 Å². The number of hydrogen-bond acceptors (Lipinski definition) is 4. The molecule has 1 N–H and O–H groups in total. The molecule has 3 rings (SSSR count). The number of rotatable bonds is 6. The molecule has 2 unspecified atom stereocenters. The van der Waals surface area contributed by atoms with Gasteiger partial charge in [-0.15, -0.1) is 0 Å². The van der Waals surface area contributed by atoms with Crippen LogP contribution in [-0.4, -0.2) is 56.0 Å². The van der Waals surface area contributed by atoms with Crippen LogP contribution < -0.4 is 5.32 Å². The van der Waals surface area contributed by atoms with Crippen molar-refractivity contribution in [2.75, 3.05) is 31.1 Å². The molecular formula is C15H28N2O2S. The van der Waals surface area contributed by atoms with Gasteiger partial charge < -0.3 is 5.32 Å². The molecule has 1 aliphatic heterocycles. The van der Waals surface area contributed by atoms with Crippen molar-refractivity contribution in [2.45, 2.75) is 51.1 Å². The van der Waals surface area contributed by atoms with Crippen LogP contribution >= 0.6 is 0 Å². The van der Waals surface area contributed by atoms with Crippen molar-refractivity contribution in [3.8, 4) is 0 Å². The van der Waals surface area contributed by atoms with Crippen LogP contribution in [0.2, 0.25) is 0 Å². The van der Waals surface area contributed by atoms with E-state index in [9.17, 15) is 8.42 Å². The van der Waals surface area contributed by atoms with Crippen molar-refractivity contribution in [1.82, 2.24) is 10.2 Å². The lowest BCUT2D eigenvalue weighted by Crippen LogP contribution is -2.65. The fourth-order valence-corrected chi connectivity index (χ4v) is 4.41. The molecule has 1 heterocycles. The average molecular weight is 300 g/mol. The summed E-state index contributed by atoms with van der Waals surface area (Å²) in [6.45, 7) is 6.87. The first-order valence-corrected chi connectivity index (χ1v) is 9.95. The van der Waals surface area contributed by atoms with E-state index in [0.29, 0.717) is 18.3 Å². The third-order valence-electron chi connectivity index (χ3n) is 5.62. The first kappa shape index (κ1) is 14.8. The molecule has 0 spiro atoms. The zero-order valence-electron chi connectivity index (χ0n) is 12.8. The molecule has 20 heavy (non-hydrogen) atoms. The number of piperazine rings is 1. The molecule has 0 aromatic heterocycles. The second-order valence-electron chi connectivity index (χ2n) is 7.14. The lowest BCUT2D eigenvalue weighted by Gasteiger charge is -2.49. The van der Waals surface area contributed by atoms with Crippen molar-refractivity contribution < 1.29 is 8.42 Å². The molecule has 2 aliphatic carbocycles. The summed E-state index contributed by atoms with van der Waals surface area (Å²) in [5, 5.41) is 3.74. The number of nitrogens with one attached hydrogen (secondary N) is 1. The summed E-state index contributed by atoms with van der Waals surface area (Å²) < 4.78 is 23.6. The maximum absolute atomic E-state index is 11.8. The van der Waals surface area contributed by atoms with Gasteiger partial charge in [-0.1, -0.05) is 6.92 Å². The van der Waals surface area contributed by atoms with E-state index in [4.69, 9.17) is 0 Å². The van der Waals surface area contributed by atoms with Crippen molar-refractivity contribution in [3.05, 3.63) is 0 Å². The van der Waals surface area contributed by atoms with E-state index in [1.165, 1.54) is 25.7 Å². The van der Waals surface area contributed by atoms with Crippen molar-refractivity contribution in [2.24, 2.45) is 11.8 Å². The zero-order chi connectivity index (χ0) is 14.4. The van der Waals surface area contributed by atoms with E-state index in [0.717, 1.165) is 24.9 Å². The summed E-state index contributed by atoms with van der Waals surface area (Å²) in [6, 6.07) is 0.589. The molecule has 4 nitrogen and oxygen atoms in total. The third kappa shape index (κ3) is 3.04. The molecule has 2 atom stereocenters. The summed E-state index contributed by atoms with van der Waals surface area (Å²) in [4.78, 5) is 2.50. The normalized spacial score (nSPS) is 36.2. The highest BCUT2D eigenvalue weighted by atomic mass is 32.2. The van der Waals surface area contributed by atoms with Gasteiger partial charge in [-0.05, 0) is 44.4 Å². The highest BCUT2D eigenvalue weighted by Gasteiger charge is 2.50. The molecular weight excluding hydrogens is 272 g/mol. The van der Waals surface area contributed by atoms with E-state index in [1.807, 2.05) is 0 Å². The maximum Gasteiger partial charge on any atom is 0.151 e. The predicted octanol–water partition coefficient (Wildman–Crippen LogP) is 1.27. The molecule has 5 heteroatoms. The van der Waals surface area contributed by atoms with E-state index < -0.39 is 9.84 Å². The lowest BCUT2D eigenvalue weighted by atomic mass is 9.89. The van der Waals surface area contributed by atoms with Crippen molar-refractivity contribution >= 4 is 9.84 Å². The quantitative estimate of drug-likeness (QED) is 0.803. The molecule has 2 saturated carbocycles. The second kappa shape index (κ2) is 5.25. The van der Waals surface area contributed by atoms with E-state index in [2.05, 4.69) is 17.1 Å². The minimum Gasteiger partial charge on any atom is -0.311 e. The molecule has 3 fully saturated rings. The summed E-state index contributed by atoms with van der Waals surface area (Å²) in [6.07, 6.45) is 5.31. The largest absolute Gasteiger partial charge is 0.311 e. The Labute approximate surface area is 123 Å². The van der Waals surface area contributed by atoms with Crippen LogP contribution in [0.4, 0.5) is 0 Å². The van der Waals surface area contributed by atoms with Gasteiger partial charge in [0.1, 0.15) is 0 Å². The van der Waals surface area contributed by atoms with Gasteiger partial charge in [0, 0.05) is 37.0 Å². The molecule has 0 bridgehead atoms. The number of nitrogens with zero attached hydrogens (tertiary/aromatic N) is 1. The molecule has 1 saturated heterocycles. The van der Waals surface area contributed by atoms with Gasteiger partial charge in [0.2, 0.25) is 0 Å². The molecule has 3 aliphatic rings. The molecule has 116 valence electrons. The Hall–Kier alpha value is -0.130. The first-order chi connectivity index (χ1) is 9.44. The molecule has 0 aromatic carbocycles. The van der Waals surface area contributed by atoms with E-state index >= 15 is 0 Å². The van der Waals surface area contributed by atoms with Crippen LogP contribution in [0.25, 0.3) is 0 Å². The minimum atomic E-state index is -2.86. The van der Waals surface area contributed by atoms with E-state index in [1.54, 1.807) is 6.92 Å². The summed E-state index contributed by atoms with van der Waals surface area (Å²) in [5.41, 5.74) is 0.175. The Bertz CT molecular complexity index is 456. The second-order valence-corrected chi connectivity index (χ2v) is 9.61. The van der Waals surface area contributed by atoms with Crippen LogP contribution in [0, 0.1) is 11.8 Å². The Morgan fingerprint density at radius 2 is 1.95 bits per heavy atom. The number of hydrogen-bond donors (Lipinski definition) is 1. The topological polar surface area (TPSA) is 49.4 Å². The van der Waals surface area contributed by atoms with Gasteiger partial charge in [-0.3, -0.25) is 4.90 Å². The Morgan fingerprint density at radius 3 is 2.50 bits per heavy atom. The SMILES string of the molecule is CCS(=O)(=O)CCN1CC(C2CC2)NCC1(C)C1CC1. The Kier molecular flexibility index (Phi) is 3.89. The average Bonchev–Trinajstić information content (AvgIpc) is 3.30. The van der Waals surface area contributed by atoms with Gasteiger partial charge in [-0.25, -0.2) is 8.42 Å². The van der Waals surface area contributed by atoms with Gasteiger partial charge >= 0.3 is 0 Å². The minimum absolute atomic E-state index is 0.175. The fraction of sp³-hybridized carbons (Fsp3) is 1.00. The van der Waals surface area contributed by atoms with Gasteiger partial charge in [0.05, 0.1) is 5.75 Å². The van der Waals surface area contributed by atoms with Crippen LogP contribution in [0.3, 0.4) is 0 Å². The van der Waals surface area contributed by atoms with Crippen LogP contribution in [0.5, 0.6) is 0 Å². The standard InChI is InChI=1S/C15H28N2O2S/c1-3-20(18,19)9-8-17-10-14(12-4-5-12)16-11-15(17,2)13-6-7-13/h12-14,16H,3-11H2,1-2H3. The zero-order valence-corrected chi connectivity index (χ0v) is 13.6. The predicted molar refractivity (Wildman–Crippen MR) is 81.5 cm³/mol. The highest BCUT2D eigenvalue weighted by Crippen LogP contribution is 2.45. The Balaban J connectivity index is 1.67. The smallest absolute Gasteiger partial charge is 0.151 e. The summed E-state index contributed by atoms with van der Waals surface area (Å²) >= 11 is 0. The molecule has 0 amide bonds. The monoisotopic (exact) mass is 300 g/mol. The highest BCUT2D eigenvalue weighted by molar-refractivity contribution is 7.91. The maximum atomic E-state index is 11.8. The summed E-state index contributed by atoms with van der Waals surface area (Å²) in [7, 11) is -2.86. The Morgan fingerprint density at radius 1 is 1.25 bits per heavy atom. The first-order valence-electron chi connectivity index (χ1n) is 8.13. The van der Waals surface area contributed by atoms with Crippen LogP contribution in [-0.2, 0) is 9.84 Å². The van der Waals surface area contributed by atoms with E-state index in [-0.39, 0.29) is 11.3 Å². The molecule has 0 radical (unpaired) electrons. The molecule has 0 aromatic rings. The fourth-order valence-electron chi connectivity index (χ4n) is 3.62.